The largest absolute Gasteiger partial charge is 0.354 e. The molecule has 90 valence electrons. The number of rotatable bonds is 6. The van der Waals surface area contributed by atoms with Crippen molar-refractivity contribution in [3.05, 3.63) is 18.2 Å². The number of nitrogens with two attached hydrogens (primary N) is 1. The third-order valence-electron chi connectivity index (χ3n) is 2.40. The van der Waals surface area contributed by atoms with Gasteiger partial charge in [-0.15, -0.1) is 0 Å². The van der Waals surface area contributed by atoms with Crippen LogP contribution in [0.25, 0.3) is 0 Å². The molecule has 4 nitrogen and oxygen atoms in total. The van der Waals surface area contributed by atoms with Gasteiger partial charge in [0.15, 0.2) is 5.82 Å². The minimum atomic E-state index is -0.423. The Balaban J connectivity index is 2.41. The smallest absolute Gasteiger partial charge is 0.222 e. The van der Waals surface area contributed by atoms with Crippen LogP contribution in [0.5, 0.6) is 0 Å². The van der Waals surface area contributed by atoms with E-state index >= 15 is 0 Å². The van der Waals surface area contributed by atoms with Gasteiger partial charge in [0.2, 0.25) is 5.95 Å². The average Bonchev–Trinajstić information content (AvgIpc) is 2.26. The van der Waals surface area contributed by atoms with Crippen molar-refractivity contribution in [2.75, 3.05) is 18.4 Å². The standard InChI is InChI=1S/C11H19FN4/c1-11(2,4-3-5-13)8-16-10-14-6-9(12)7-15-10/h6-7H,3-5,8,13H2,1-2H3,(H,14,15,16). The second-order valence-corrected chi connectivity index (χ2v) is 4.63. The van der Waals surface area contributed by atoms with Crippen molar-refractivity contribution in [1.29, 1.82) is 0 Å². The highest BCUT2D eigenvalue weighted by atomic mass is 19.1. The number of nitrogens with zero attached hydrogens (tertiary/aromatic N) is 2. The lowest BCUT2D eigenvalue weighted by Crippen LogP contribution is -2.24. The van der Waals surface area contributed by atoms with Crippen LogP contribution < -0.4 is 11.1 Å². The summed E-state index contributed by atoms with van der Waals surface area (Å²) in [6.45, 7) is 5.76. The molecule has 0 fully saturated rings. The van der Waals surface area contributed by atoms with Gasteiger partial charge in [-0.05, 0) is 24.8 Å². The van der Waals surface area contributed by atoms with E-state index < -0.39 is 5.82 Å². The van der Waals surface area contributed by atoms with Crippen LogP contribution in [0.3, 0.4) is 0 Å². The van der Waals surface area contributed by atoms with Gasteiger partial charge in [0, 0.05) is 6.54 Å². The Morgan fingerprint density at radius 2 is 2.00 bits per heavy atom. The van der Waals surface area contributed by atoms with Gasteiger partial charge in [-0.2, -0.15) is 0 Å². The van der Waals surface area contributed by atoms with Crippen LogP contribution in [-0.4, -0.2) is 23.1 Å². The van der Waals surface area contributed by atoms with Gasteiger partial charge in [-0.3, -0.25) is 0 Å². The maximum absolute atomic E-state index is 12.6. The zero-order valence-corrected chi connectivity index (χ0v) is 9.83. The van der Waals surface area contributed by atoms with E-state index in [1.165, 1.54) is 0 Å². The first-order chi connectivity index (χ1) is 7.53. The van der Waals surface area contributed by atoms with E-state index in [0.717, 1.165) is 31.8 Å². The molecule has 3 N–H and O–H groups in total. The van der Waals surface area contributed by atoms with Crippen LogP contribution in [-0.2, 0) is 0 Å². The summed E-state index contributed by atoms with van der Waals surface area (Å²) in [6, 6.07) is 0. The minimum Gasteiger partial charge on any atom is -0.354 e. The molecule has 0 aliphatic heterocycles. The molecule has 5 heteroatoms. The van der Waals surface area contributed by atoms with E-state index in [9.17, 15) is 4.39 Å². The highest BCUT2D eigenvalue weighted by Gasteiger charge is 2.17. The van der Waals surface area contributed by atoms with Crippen molar-refractivity contribution in [2.45, 2.75) is 26.7 Å². The summed E-state index contributed by atoms with van der Waals surface area (Å²) in [6.07, 6.45) is 4.35. The molecule has 16 heavy (non-hydrogen) atoms. The Hall–Kier alpha value is -1.23. The Morgan fingerprint density at radius 1 is 1.38 bits per heavy atom. The normalized spacial score (nSPS) is 11.5. The molecule has 0 saturated carbocycles. The molecule has 0 saturated heterocycles. The Bertz CT molecular complexity index is 310. The van der Waals surface area contributed by atoms with Crippen molar-refractivity contribution in [3.8, 4) is 0 Å². The Labute approximate surface area is 95.5 Å². The van der Waals surface area contributed by atoms with Gasteiger partial charge in [0.05, 0.1) is 12.4 Å². The average molecular weight is 226 g/mol. The molecule has 1 heterocycles. The van der Waals surface area contributed by atoms with E-state index in [1.807, 2.05) is 0 Å². The first-order valence-corrected chi connectivity index (χ1v) is 5.45. The molecular weight excluding hydrogens is 207 g/mol. The number of hydrogen-bond donors (Lipinski definition) is 2. The molecule has 0 unspecified atom stereocenters. The summed E-state index contributed by atoms with van der Waals surface area (Å²) >= 11 is 0. The summed E-state index contributed by atoms with van der Waals surface area (Å²) in [5.74, 6) is 0.0372. The quantitative estimate of drug-likeness (QED) is 0.776. The van der Waals surface area contributed by atoms with Crippen LogP contribution in [0, 0.1) is 11.2 Å². The zero-order chi connectivity index (χ0) is 12.0. The fourth-order valence-corrected chi connectivity index (χ4v) is 1.39. The summed E-state index contributed by atoms with van der Waals surface area (Å²) in [5.41, 5.74) is 5.61. The summed E-state index contributed by atoms with van der Waals surface area (Å²) in [4.78, 5) is 7.68. The van der Waals surface area contributed by atoms with E-state index in [0.29, 0.717) is 12.5 Å². The summed E-state index contributed by atoms with van der Waals surface area (Å²) in [7, 11) is 0. The Morgan fingerprint density at radius 3 is 2.56 bits per heavy atom. The van der Waals surface area contributed by atoms with Crippen molar-refractivity contribution < 1.29 is 4.39 Å². The van der Waals surface area contributed by atoms with Gasteiger partial charge in [-0.25, -0.2) is 14.4 Å². The van der Waals surface area contributed by atoms with Crippen molar-refractivity contribution in [1.82, 2.24) is 9.97 Å². The highest BCUT2D eigenvalue weighted by molar-refractivity contribution is 5.22. The van der Waals surface area contributed by atoms with Crippen LogP contribution in [0.15, 0.2) is 12.4 Å². The first-order valence-electron chi connectivity index (χ1n) is 5.45. The lowest BCUT2D eigenvalue weighted by Gasteiger charge is -2.24. The summed E-state index contributed by atoms with van der Waals surface area (Å²) in [5, 5.41) is 3.09. The number of halogens is 1. The van der Waals surface area contributed by atoms with Gasteiger partial charge >= 0.3 is 0 Å². The number of nitrogens with one attached hydrogen (secondary N) is 1. The zero-order valence-electron chi connectivity index (χ0n) is 9.83. The van der Waals surface area contributed by atoms with Gasteiger partial charge in [0.1, 0.15) is 0 Å². The van der Waals surface area contributed by atoms with Crippen LogP contribution in [0.4, 0.5) is 10.3 Å². The van der Waals surface area contributed by atoms with E-state index in [1.54, 1.807) is 0 Å². The number of aromatic nitrogens is 2. The van der Waals surface area contributed by atoms with Gasteiger partial charge in [0.25, 0.3) is 0 Å². The molecule has 0 aliphatic rings. The molecule has 0 spiro atoms. The van der Waals surface area contributed by atoms with Crippen LogP contribution in [0.1, 0.15) is 26.7 Å². The fraction of sp³-hybridized carbons (Fsp3) is 0.636. The molecule has 0 aromatic carbocycles. The highest BCUT2D eigenvalue weighted by Crippen LogP contribution is 2.21. The lowest BCUT2D eigenvalue weighted by molar-refractivity contribution is 0.349. The van der Waals surface area contributed by atoms with E-state index in [2.05, 4.69) is 29.1 Å². The molecule has 1 rings (SSSR count). The molecule has 0 bridgehead atoms. The number of anilines is 1. The topological polar surface area (TPSA) is 63.8 Å². The molecule has 0 atom stereocenters. The third-order valence-corrected chi connectivity index (χ3v) is 2.40. The predicted octanol–water partition coefficient (Wildman–Crippen LogP) is 1.79. The molecule has 0 radical (unpaired) electrons. The van der Waals surface area contributed by atoms with Crippen molar-refractivity contribution in [2.24, 2.45) is 11.1 Å². The SMILES string of the molecule is CC(C)(CCCN)CNc1ncc(F)cn1. The molecule has 1 aromatic rings. The second kappa shape index (κ2) is 5.75. The van der Waals surface area contributed by atoms with E-state index in [-0.39, 0.29) is 5.41 Å². The van der Waals surface area contributed by atoms with Gasteiger partial charge in [-0.1, -0.05) is 13.8 Å². The van der Waals surface area contributed by atoms with Crippen molar-refractivity contribution in [3.63, 3.8) is 0 Å². The maximum atomic E-state index is 12.6. The molecular formula is C11H19FN4. The number of hydrogen-bond acceptors (Lipinski definition) is 4. The van der Waals surface area contributed by atoms with Crippen molar-refractivity contribution >= 4 is 5.95 Å². The molecule has 0 amide bonds. The van der Waals surface area contributed by atoms with Gasteiger partial charge < -0.3 is 11.1 Å². The van der Waals surface area contributed by atoms with Crippen LogP contribution >= 0.6 is 0 Å². The second-order valence-electron chi connectivity index (χ2n) is 4.63. The maximum Gasteiger partial charge on any atom is 0.222 e. The Kier molecular flexibility index (Phi) is 4.61. The minimum absolute atomic E-state index is 0.136. The fourth-order valence-electron chi connectivity index (χ4n) is 1.39. The lowest BCUT2D eigenvalue weighted by atomic mass is 9.88. The molecule has 1 aromatic heterocycles. The van der Waals surface area contributed by atoms with Crippen LogP contribution in [0.2, 0.25) is 0 Å². The summed E-state index contributed by atoms with van der Waals surface area (Å²) < 4.78 is 12.6. The predicted molar refractivity (Wildman–Crippen MR) is 62.5 cm³/mol. The van der Waals surface area contributed by atoms with E-state index in [4.69, 9.17) is 5.73 Å². The first kappa shape index (κ1) is 12.8. The monoisotopic (exact) mass is 226 g/mol. The molecule has 0 aliphatic carbocycles. The third kappa shape index (κ3) is 4.53.